The van der Waals surface area contributed by atoms with E-state index in [2.05, 4.69) is 5.32 Å². The Bertz CT molecular complexity index is 901. The van der Waals surface area contributed by atoms with Crippen molar-refractivity contribution in [1.29, 1.82) is 0 Å². The number of anilines is 2. The zero-order valence-electron chi connectivity index (χ0n) is 14.7. The van der Waals surface area contributed by atoms with Gasteiger partial charge in [-0.1, -0.05) is 24.6 Å². The molecule has 26 heavy (non-hydrogen) atoms. The summed E-state index contributed by atoms with van der Waals surface area (Å²) in [6.07, 6.45) is 1.24. The first-order chi connectivity index (χ1) is 12.1. The van der Waals surface area contributed by atoms with Gasteiger partial charge in [-0.15, -0.1) is 0 Å². The van der Waals surface area contributed by atoms with E-state index in [0.29, 0.717) is 10.7 Å². The SMILES string of the molecule is CC[C@@H](C(=O)Nc1ccc(C)c(Cl)c1)N(c1ccc(F)cc1)S(C)(=O)=O. The molecule has 8 heteroatoms. The molecule has 1 amide bonds. The fraction of sp³-hybridized carbons (Fsp3) is 0.278. The number of carbonyl (C=O) groups is 1. The Morgan fingerprint density at radius 2 is 1.85 bits per heavy atom. The highest BCUT2D eigenvalue weighted by Gasteiger charge is 2.31. The fourth-order valence-corrected chi connectivity index (χ4v) is 3.94. The summed E-state index contributed by atoms with van der Waals surface area (Å²) in [4.78, 5) is 12.7. The number of hydrogen-bond acceptors (Lipinski definition) is 3. The van der Waals surface area contributed by atoms with E-state index in [1.807, 2.05) is 6.92 Å². The molecular formula is C18H20ClFN2O3S. The second-order valence-corrected chi connectivity index (χ2v) is 8.18. The van der Waals surface area contributed by atoms with Gasteiger partial charge in [-0.05, 0) is 55.3 Å². The highest BCUT2D eigenvalue weighted by Crippen LogP contribution is 2.25. The predicted octanol–water partition coefficient (Wildman–Crippen LogP) is 3.97. The summed E-state index contributed by atoms with van der Waals surface area (Å²) in [5.74, 6) is -0.990. The van der Waals surface area contributed by atoms with E-state index in [1.54, 1.807) is 25.1 Å². The maximum absolute atomic E-state index is 13.2. The average molecular weight is 399 g/mol. The zero-order chi connectivity index (χ0) is 19.5. The van der Waals surface area contributed by atoms with Gasteiger partial charge in [0.05, 0.1) is 11.9 Å². The number of aryl methyl sites for hydroxylation is 1. The van der Waals surface area contributed by atoms with Crippen molar-refractivity contribution in [3.8, 4) is 0 Å². The molecule has 2 rings (SSSR count). The molecule has 2 aromatic rings. The van der Waals surface area contributed by atoms with E-state index < -0.39 is 27.8 Å². The lowest BCUT2D eigenvalue weighted by molar-refractivity contribution is -0.117. The predicted molar refractivity (Wildman–Crippen MR) is 103 cm³/mol. The normalized spacial score (nSPS) is 12.5. The molecule has 0 saturated carbocycles. The summed E-state index contributed by atoms with van der Waals surface area (Å²) in [5.41, 5.74) is 1.55. The number of rotatable bonds is 6. The molecule has 0 radical (unpaired) electrons. The second-order valence-electron chi connectivity index (χ2n) is 5.91. The van der Waals surface area contributed by atoms with Crippen LogP contribution in [0.25, 0.3) is 0 Å². The Hall–Kier alpha value is -2.12. The zero-order valence-corrected chi connectivity index (χ0v) is 16.2. The van der Waals surface area contributed by atoms with E-state index >= 15 is 0 Å². The molecule has 0 aliphatic rings. The van der Waals surface area contributed by atoms with Crippen LogP contribution in [0, 0.1) is 12.7 Å². The lowest BCUT2D eigenvalue weighted by atomic mass is 10.1. The van der Waals surface area contributed by atoms with Gasteiger partial charge in [0.25, 0.3) is 0 Å². The van der Waals surface area contributed by atoms with Crippen molar-refractivity contribution in [2.45, 2.75) is 26.3 Å². The lowest BCUT2D eigenvalue weighted by Crippen LogP contribution is -2.47. The van der Waals surface area contributed by atoms with Crippen LogP contribution in [-0.2, 0) is 14.8 Å². The Balaban J connectivity index is 2.36. The Morgan fingerprint density at radius 1 is 1.23 bits per heavy atom. The number of hydrogen-bond donors (Lipinski definition) is 1. The molecule has 0 bridgehead atoms. The third-order valence-corrected chi connectivity index (χ3v) is 5.44. The first-order valence-electron chi connectivity index (χ1n) is 7.95. The van der Waals surface area contributed by atoms with Crippen LogP contribution >= 0.6 is 11.6 Å². The van der Waals surface area contributed by atoms with Gasteiger partial charge in [0.2, 0.25) is 15.9 Å². The van der Waals surface area contributed by atoms with Crippen LogP contribution in [-0.4, -0.2) is 26.6 Å². The monoisotopic (exact) mass is 398 g/mol. The van der Waals surface area contributed by atoms with Crippen LogP contribution in [0.1, 0.15) is 18.9 Å². The van der Waals surface area contributed by atoms with Gasteiger partial charge in [0.1, 0.15) is 11.9 Å². The molecular weight excluding hydrogens is 379 g/mol. The molecule has 140 valence electrons. The van der Waals surface area contributed by atoms with Gasteiger partial charge in [0, 0.05) is 10.7 Å². The summed E-state index contributed by atoms with van der Waals surface area (Å²) in [5, 5.41) is 3.19. The number of sulfonamides is 1. The summed E-state index contributed by atoms with van der Waals surface area (Å²) in [6.45, 7) is 3.54. The highest BCUT2D eigenvalue weighted by atomic mass is 35.5. The molecule has 1 atom stereocenters. The maximum Gasteiger partial charge on any atom is 0.248 e. The second kappa shape index (κ2) is 8.05. The summed E-state index contributed by atoms with van der Waals surface area (Å²) in [7, 11) is -3.77. The standard InChI is InChI=1S/C18H20ClFN2O3S/c1-4-17(18(23)21-14-8-5-12(2)16(19)11-14)22(26(3,24)25)15-9-6-13(20)7-10-15/h5-11,17H,4H2,1-3H3,(H,21,23)/t17-/m0/s1. The Morgan fingerprint density at radius 3 is 2.35 bits per heavy atom. The van der Waals surface area contributed by atoms with Crippen molar-refractivity contribution < 1.29 is 17.6 Å². The van der Waals surface area contributed by atoms with Crippen LogP contribution in [0.3, 0.4) is 0 Å². The van der Waals surface area contributed by atoms with Crippen LogP contribution in [0.4, 0.5) is 15.8 Å². The van der Waals surface area contributed by atoms with Crippen molar-refractivity contribution >= 4 is 38.9 Å². The number of benzene rings is 2. The van der Waals surface area contributed by atoms with Crippen LogP contribution < -0.4 is 9.62 Å². The van der Waals surface area contributed by atoms with Gasteiger partial charge >= 0.3 is 0 Å². The van der Waals surface area contributed by atoms with Crippen molar-refractivity contribution in [1.82, 2.24) is 0 Å². The molecule has 2 aromatic carbocycles. The Labute approximate surface area is 157 Å². The molecule has 0 aliphatic carbocycles. The van der Waals surface area contributed by atoms with Crippen LogP contribution in [0.5, 0.6) is 0 Å². The minimum atomic E-state index is -3.77. The van der Waals surface area contributed by atoms with Gasteiger partial charge in [-0.2, -0.15) is 0 Å². The third kappa shape index (κ3) is 4.74. The van der Waals surface area contributed by atoms with Crippen LogP contribution in [0.2, 0.25) is 5.02 Å². The van der Waals surface area contributed by atoms with Crippen LogP contribution in [0.15, 0.2) is 42.5 Å². The van der Waals surface area contributed by atoms with Crippen molar-refractivity contribution in [2.24, 2.45) is 0 Å². The minimum Gasteiger partial charge on any atom is -0.324 e. The first-order valence-corrected chi connectivity index (χ1v) is 10.2. The van der Waals surface area contributed by atoms with Crippen molar-refractivity contribution in [2.75, 3.05) is 15.9 Å². The van der Waals surface area contributed by atoms with Crippen molar-refractivity contribution in [3.05, 3.63) is 58.9 Å². The molecule has 0 spiro atoms. The highest BCUT2D eigenvalue weighted by molar-refractivity contribution is 7.92. The largest absolute Gasteiger partial charge is 0.324 e. The molecule has 0 aliphatic heterocycles. The van der Waals surface area contributed by atoms with Gasteiger partial charge in [-0.25, -0.2) is 12.8 Å². The van der Waals surface area contributed by atoms with Gasteiger partial charge < -0.3 is 5.32 Å². The smallest absolute Gasteiger partial charge is 0.248 e. The summed E-state index contributed by atoms with van der Waals surface area (Å²) in [6, 6.07) is 9.02. The summed E-state index contributed by atoms with van der Waals surface area (Å²) >= 11 is 6.06. The topological polar surface area (TPSA) is 66.5 Å². The molecule has 0 aromatic heterocycles. The molecule has 0 fully saturated rings. The molecule has 0 saturated heterocycles. The van der Waals surface area contributed by atoms with E-state index in [1.165, 1.54) is 12.1 Å². The molecule has 0 heterocycles. The van der Waals surface area contributed by atoms with Gasteiger partial charge in [0.15, 0.2) is 0 Å². The molecule has 5 nitrogen and oxygen atoms in total. The quantitative estimate of drug-likeness (QED) is 0.800. The number of carbonyl (C=O) groups excluding carboxylic acids is 1. The lowest BCUT2D eigenvalue weighted by Gasteiger charge is -2.30. The number of halogens is 2. The van der Waals surface area contributed by atoms with Gasteiger partial charge in [-0.3, -0.25) is 9.10 Å². The van der Waals surface area contributed by atoms with E-state index in [-0.39, 0.29) is 12.1 Å². The first kappa shape index (κ1) is 20.2. The average Bonchev–Trinajstić information content (AvgIpc) is 2.56. The number of amides is 1. The minimum absolute atomic E-state index is 0.220. The fourth-order valence-electron chi connectivity index (χ4n) is 2.54. The van der Waals surface area contributed by atoms with E-state index in [9.17, 15) is 17.6 Å². The molecule has 0 unspecified atom stereocenters. The molecule has 1 N–H and O–H groups in total. The summed E-state index contributed by atoms with van der Waals surface area (Å²) < 4.78 is 38.8. The third-order valence-electron chi connectivity index (χ3n) is 3.85. The number of nitrogens with one attached hydrogen (secondary N) is 1. The number of nitrogens with zero attached hydrogens (tertiary/aromatic N) is 1. The van der Waals surface area contributed by atoms with Crippen molar-refractivity contribution in [3.63, 3.8) is 0 Å². The van der Waals surface area contributed by atoms with E-state index in [0.717, 1.165) is 28.3 Å². The maximum atomic E-state index is 13.2. The van der Waals surface area contributed by atoms with E-state index in [4.69, 9.17) is 11.6 Å². The Kier molecular flexibility index (Phi) is 6.26.